The monoisotopic (exact) mass is 373 g/mol. The molecule has 1 aliphatic rings. The molecule has 1 aliphatic heterocycles. The van der Waals surface area contributed by atoms with Gasteiger partial charge in [-0.2, -0.15) is 0 Å². The van der Waals surface area contributed by atoms with E-state index in [0.29, 0.717) is 36.6 Å². The van der Waals surface area contributed by atoms with Crippen LogP contribution in [0.1, 0.15) is 18.9 Å². The van der Waals surface area contributed by atoms with Gasteiger partial charge in [0.05, 0.1) is 19.0 Å². The third-order valence-corrected chi connectivity index (χ3v) is 4.58. The van der Waals surface area contributed by atoms with Crippen LogP contribution in [0.15, 0.2) is 42.1 Å². The molecule has 2 aromatic rings. The Morgan fingerprint density at radius 2 is 2.11 bits per heavy atom. The van der Waals surface area contributed by atoms with Gasteiger partial charge in [0.2, 0.25) is 5.88 Å². The van der Waals surface area contributed by atoms with Crippen molar-refractivity contribution in [3.8, 4) is 5.88 Å². The van der Waals surface area contributed by atoms with E-state index in [0.717, 1.165) is 11.6 Å². The predicted octanol–water partition coefficient (Wildman–Crippen LogP) is 4.33. The summed E-state index contributed by atoms with van der Waals surface area (Å²) >= 11 is 0. The van der Waals surface area contributed by atoms with Crippen molar-refractivity contribution in [1.82, 2.24) is 9.88 Å². The van der Waals surface area contributed by atoms with E-state index in [2.05, 4.69) is 10.3 Å². The van der Waals surface area contributed by atoms with Gasteiger partial charge in [-0.15, -0.1) is 0 Å². The molecular weight excluding hydrogens is 352 g/mol. The van der Waals surface area contributed by atoms with Gasteiger partial charge in [-0.25, -0.2) is 18.6 Å². The first-order valence-corrected chi connectivity index (χ1v) is 8.67. The number of methoxy groups -OCH3 is 1. The van der Waals surface area contributed by atoms with Crippen LogP contribution < -0.4 is 10.1 Å². The first-order chi connectivity index (χ1) is 13.0. The minimum Gasteiger partial charge on any atom is -0.481 e. The number of anilines is 1. The standard InChI is InChI=1S/C20H21F2N3O2/c1-13-12-25(20(26)24-16-4-6-19(27-2)23-11-16)8-7-15(13)9-14-3-5-17(21)18(22)10-14/h3-6,9-11,13H,7-8,12H2,1-2H3,(H,24,26). The largest absolute Gasteiger partial charge is 0.481 e. The number of piperidine rings is 1. The van der Waals surface area contributed by atoms with Gasteiger partial charge in [-0.1, -0.05) is 24.6 Å². The van der Waals surface area contributed by atoms with Gasteiger partial charge >= 0.3 is 6.03 Å². The molecule has 3 rings (SSSR count). The van der Waals surface area contributed by atoms with E-state index < -0.39 is 11.6 Å². The molecule has 1 atom stereocenters. The molecule has 142 valence electrons. The Morgan fingerprint density at radius 3 is 2.74 bits per heavy atom. The van der Waals surface area contributed by atoms with Crippen molar-refractivity contribution < 1.29 is 18.3 Å². The summed E-state index contributed by atoms with van der Waals surface area (Å²) in [6, 6.07) is 7.07. The molecule has 1 N–H and O–H groups in total. The Labute approximate surface area is 156 Å². The van der Waals surface area contributed by atoms with Gasteiger partial charge in [0.1, 0.15) is 0 Å². The molecule has 0 bridgehead atoms. The topological polar surface area (TPSA) is 54.5 Å². The van der Waals surface area contributed by atoms with Gasteiger partial charge in [-0.05, 0) is 36.1 Å². The van der Waals surface area contributed by atoms with Crippen LogP contribution in [0.2, 0.25) is 0 Å². The summed E-state index contributed by atoms with van der Waals surface area (Å²) in [5.41, 5.74) is 2.32. The molecule has 27 heavy (non-hydrogen) atoms. The molecule has 7 heteroatoms. The Hall–Kier alpha value is -2.96. The maximum Gasteiger partial charge on any atom is 0.321 e. The third-order valence-electron chi connectivity index (χ3n) is 4.58. The quantitative estimate of drug-likeness (QED) is 0.871. The van der Waals surface area contributed by atoms with Crippen molar-refractivity contribution in [1.29, 1.82) is 0 Å². The van der Waals surface area contributed by atoms with Gasteiger partial charge in [-0.3, -0.25) is 0 Å². The van der Waals surface area contributed by atoms with Gasteiger partial charge in [0.15, 0.2) is 11.6 Å². The van der Waals surface area contributed by atoms with Crippen molar-refractivity contribution in [3.63, 3.8) is 0 Å². The number of urea groups is 1. The van der Waals surface area contributed by atoms with E-state index >= 15 is 0 Å². The van der Waals surface area contributed by atoms with Crippen molar-refractivity contribution >= 4 is 17.8 Å². The Morgan fingerprint density at radius 1 is 1.30 bits per heavy atom. The van der Waals surface area contributed by atoms with Gasteiger partial charge < -0.3 is 15.0 Å². The van der Waals surface area contributed by atoms with E-state index in [1.165, 1.54) is 13.2 Å². The normalized spacial score (nSPS) is 18.4. The average Bonchev–Trinajstić information content (AvgIpc) is 2.67. The molecule has 0 saturated carbocycles. The molecule has 1 saturated heterocycles. The zero-order valence-corrected chi connectivity index (χ0v) is 15.2. The summed E-state index contributed by atoms with van der Waals surface area (Å²) < 4.78 is 31.4. The molecule has 1 unspecified atom stereocenters. The maximum atomic E-state index is 13.4. The second kappa shape index (κ2) is 8.16. The number of aromatic nitrogens is 1. The molecule has 0 aliphatic carbocycles. The number of carbonyl (C=O) groups is 1. The number of ether oxygens (including phenoxy) is 1. The molecule has 5 nitrogen and oxygen atoms in total. The minimum atomic E-state index is -0.859. The third kappa shape index (κ3) is 4.61. The van der Waals surface area contributed by atoms with Crippen LogP contribution >= 0.6 is 0 Å². The van der Waals surface area contributed by atoms with E-state index in [4.69, 9.17) is 4.74 Å². The number of nitrogens with zero attached hydrogens (tertiary/aromatic N) is 2. The van der Waals surface area contributed by atoms with E-state index in [1.54, 1.807) is 29.3 Å². The number of halogens is 2. The van der Waals surface area contributed by atoms with Crippen LogP contribution in [0.25, 0.3) is 6.08 Å². The fourth-order valence-electron chi connectivity index (χ4n) is 3.04. The fraction of sp³-hybridized carbons (Fsp3) is 0.300. The lowest BCUT2D eigenvalue weighted by molar-refractivity contribution is 0.198. The molecule has 2 heterocycles. The Kier molecular flexibility index (Phi) is 5.69. The number of benzene rings is 1. The minimum absolute atomic E-state index is 0.117. The van der Waals surface area contributed by atoms with Crippen LogP contribution in [0, 0.1) is 17.6 Å². The van der Waals surface area contributed by atoms with Crippen molar-refractivity contribution in [2.45, 2.75) is 13.3 Å². The lowest BCUT2D eigenvalue weighted by atomic mass is 9.91. The average molecular weight is 373 g/mol. The zero-order valence-electron chi connectivity index (χ0n) is 15.2. The number of hydrogen-bond donors (Lipinski definition) is 1. The first kappa shape index (κ1) is 18.8. The van der Waals surface area contributed by atoms with Crippen LogP contribution in [-0.2, 0) is 0 Å². The first-order valence-electron chi connectivity index (χ1n) is 8.67. The summed E-state index contributed by atoms with van der Waals surface area (Å²) in [6.07, 6.45) is 4.09. The highest BCUT2D eigenvalue weighted by atomic mass is 19.2. The maximum absolute atomic E-state index is 13.4. The zero-order chi connectivity index (χ0) is 19.4. The fourth-order valence-corrected chi connectivity index (χ4v) is 3.04. The molecule has 0 radical (unpaired) electrons. The summed E-state index contributed by atoms with van der Waals surface area (Å²) in [6.45, 7) is 3.11. The number of amides is 2. The predicted molar refractivity (Wildman–Crippen MR) is 99.5 cm³/mol. The summed E-state index contributed by atoms with van der Waals surface area (Å²) in [5.74, 6) is -1.12. The lowest BCUT2D eigenvalue weighted by Crippen LogP contribution is -2.42. The van der Waals surface area contributed by atoms with E-state index in [-0.39, 0.29) is 11.9 Å². The number of nitrogens with one attached hydrogen (secondary N) is 1. The number of likely N-dealkylation sites (tertiary alicyclic amines) is 1. The molecule has 0 spiro atoms. The van der Waals surface area contributed by atoms with Crippen LogP contribution in [0.4, 0.5) is 19.3 Å². The second-order valence-corrected chi connectivity index (χ2v) is 6.51. The van der Waals surface area contributed by atoms with Crippen molar-refractivity contribution in [2.75, 3.05) is 25.5 Å². The SMILES string of the molecule is COc1ccc(NC(=O)N2CCC(=Cc3ccc(F)c(F)c3)C(C)C2)cn1. The number of hydrogen-bond acceptors (Lipinski definition) is 3. The van der Waals surface area contributed by atoms with Crippen molar-refractivity contribution in [2.24, 2.45) is 5.92 Å². The highest BCUT2D eigenvalue weighted by Gasteiger charge is 2.24. The summed E-state index contributed by atoms with van der Waals surface area (Å²) in [7, 11) is 1.53. The number of rotatable bonds is 3. The molecule has 1 fully saturated rings. The second-order valence-electron chi connectivity index (χ2n) is 6.51. The lowest BCUT2D eigenvalue weighted by Gasteiger charge is -2.33. The molecule has 2 amide bonds. The van der Waals surface area contributed by atoms with Crippen LogP contribution in [0.5, 0.6) is 5.88 Å². The highest BCUT2D eigenvalue weighted by molar-refractivity contribution is 5.89. The van der Waals surface area contributed by atoms with Crippen LogP contribution in [-0.4, -0.2) is 36.1 Å². The number of pyridine rings is 1. The number of carbonyl (C=O) groups excluding carboxylic acids is 1. The summed E-state index contributed by atoms with van der Waals surface area (Å²) in [5, 5.41) is 2.82. The van der Waals surface area contributed by atoms with Crippen molar-refractivity contribution in [3.05, 3.63) is 59.3 Å². The Balaban J connectivity index is 1.62. The smallest absolute Gasteiger partial charge is 0.321 e. The Bertz CT molecular complexity index is 853. The molecule has 1 aromatic heterocycles. The summed E-state index contributed by atoms with van der Waals surface area (Å²) in [4.78, 5) is 18.3. The van der Waals surface area contributed by atoms with Crippen LogP contribution in [0.3, 0.4) is 0 Å². The molecular formula is C20H21F2N3O2. The molecule has 1 aromatic carbocycles. The van der Waals surface area contributed by atoms with E-state index in [9.17, 15) is 13.6 Å². The highest BCUT2D eigenvalue weighted by Crippen LogP contribution is 2.26. The van der Waals surface area contributed by atoms with Gasteiger partial charge in [0.25, 0.3) is 0 Å². The van der Waals surface area contributed by atoms with E-state index in [1.807, 2.05) is 13.0 Å². The van der Waals surface area contributed by atoms with Gasteiger partial charge in [0, 0.05) is 19.2 Å².